The SMILES string of the molecule is Fc1ccc2occ(CCN3CCN(c4cccc5ccoc45)CC3)c2c1. The molecule has 3 heterocycles. The van der Waals surface area contributed by atoms with Crippen LogP contribution in [0.25, 0.3) is 21.9 Å². The monoisotopic (exact) mass is 364 g/mol. The number of benzene rings is 2. The van der Waals surface area contributed by atoms with Crippen LogP contribution in [0.1, 0.15) is 5.56 Å². The van der Waals surface area contributed by atoms with E-state index in [0.717, 1.165) is 66.6 Å². The maximum atomic E-state index is 13.5. The van der Waals surface area contributed by atoms with E-state index in [1.807, 2.05) is 6.07 Å². The summed E-state index contributed by atoms with van der Waals surface area (Å²) in [6, 6.07) is 13.0. The Morgan fingerprint density at radius 3 is 2.74 bits per heavy atom. The highest BCUT2D eigenvalue weighted by Crippen LogP contribution is 2.28. The van der Waals surface area contributed by atoms with Crippen molar-refractivity contribution in [3.8, 4) is 0 Å². The van der Waals surface area contributed by atoms with E-state index in [9.17, 15) is 4.39 Å². The van der Waals surface area contributed by atoms with Crippen molar-refractivity contribution in [2.75, 3.05) is 37.6 Å². The van der Waals surface area contributed by atoms with Crippen LogP contribution >= 0.6 is 0 Å². The summed E-state index contributed by atoms with van der Waals surface area (Å²) in [5.41, 5.74) is 3.97. The molecule has 0 saturated carbocycles. The molecule has 0 atom stereocenters. The van der Waals surface area contributed by atoms with Crippen molar-refractivity contribution in [3.63, 3.8) is 0 Å². The number of hydrogen-bond acceptors (Lipinski definition) is 4. The van der Waals surface area contributed by atoms with Gasteiger partial charge in [0.1, 0.15) is 11.4 Å². The van der Waals surface area contributed by atoms with Crippen LogP contribution in [0.2, 0.25) is 0 Å². The molecule has 1 saturated heterocycles. The van der Waals surface area contributed by atoms with Crippen molar-refractivity contribution < 1.29 is 13.2 Å². The topological polar surface area (TPSA) is 32.8 Å². The Morgan fingerprint density at radius 1 is 0.963 bits per heavy atom. The number of halogens is 1. The Morgan fingerprint density at radius 2 is 1.85 bits per heavy atom. The predicted octanol–water partition coefficient (Wildman–Crippen LogP) is 4.68. The number of fused-ring (bicyclic) bond motifs is 2. The van der Waals surface area contributed by atoms with Crippen LogP contribution < -0.4 is 4.90 Å². The van der Waals surface area contributed by atoms with Gasteiger partial charge in [-0.15, -0.1) is 0 Å². The number of rotatable bonds is 4. The number of furan rings is 2. The van der Waals surface area contributed by atoms with Gasteiger partial charge >= 0.3 is 0 Å². The van der Waals surface area contributed by atoms with Crippen LogP contribution in [-0.4, -0.2) is 37.6 Å². The first-order valence-corrected chi connectivity index (χ1v) is 9.37. The molecule has 27 heavy (non-hydrogen) atoms. The van der Waals surface area contributed by atoms with Crippen LogP contribution in [0.5, 0.6) is 0 Å². The molecule has 0 amide bonds. The summed E-state index contributed by atoms with van der Waals surface area (Å²) in [5, 5.41) is 2.03. The molecule has 0 spiro atoms. The van der Waals surface area contributed by atoms with Crippen molar-refractivity contribution in [2.24, 2.45) is 0 Å². The van der Waals surface area contributed by atoms with Crippen LogP contribution in [0.15, 0.2) is 63.8 Å². The van der Waals surface area contributed by atoms with Crippen molar-refractivity contribution in [3.05, 3.63) is 66.4 Å². The lowest BCUT2D eigenvalue weighted by molar-refractivity contribution is 0.261. The summed E-state index contributed by atoms with van der Waals surface area (Å²) < 4.78 is 24.7. The van der Waals surface area contributed by atoms with Crippen molar-refractivity contribution in [1.29, 1.82) is 0 Å². The van der Waals surface area contributed by atoms with E-state index >= 15 is 0 Å². The zero-order valence-corrected chi connectivity index (χ0v) is 15.0. The molecule has 1 fully saturated rings. The minimum Gasteiger partial charge on any atom is -0.464 e. The summed E-state index contributed by atoms with van der Waals surface area (Å²) in [6.45, 7) is 4.90. The Hall–Kier alpha value is -2.79. The maximum Gasteiger partial charge on any atom is 0.157 e. The second kappa shape index (κ2) is 6.74. The van der Waals surface area contributed by atoms with Gasteiger partial charge in [0.25, 0.3) is 0 Å². The number of nitrogens with zero attached hydrogens (tertiary/aromatic N) is 2. The number of anilines is 1. The highest BCUT2D eigenvalue weighted by Gasteiger charge is 2.20. The molecule has 5 rings (SSSR count). The smallest absolute Gasteiger partial charge is 0.157 e. The van der Waals surface area contributed by atoms with Gasteiger partial charge in [0.15, 0.2) is 5.58 Å². The average Bonchev–Trinajstić information content (AvgIpc) is 3.33. The van der Waals surface area contributed by atoms with Crippen molar-refractivity contribution in [2.45, 2.75) is 6.42 Å². The summed E-state index contributed by atoms with van der Waals surface area (Å²) in [4.78, 5) is 4.85. The fourth-order valence-corrected chi connectivity index (χ4v) is 3.96. The normalized spacial score (nSPS) is 15.8. The second-order valence-corrected chi connectivity index (χ2v) is 7.10. The maximum absolute atomic E-state index is 13.5. The van der Waals surface area contributed by atoms with Crippen molar-refractivity contribution >= 4 is 27.6 Å². The van der Waals surface area contributed by atoms with E-state index in [0.29, 0.717) is 0 Å². The largest absolute Gasteiger partial charge is 0.464 e. The molecule has 0 unspecified atom stereocenters. The third-order valence-electron chi connectivity index (χ3n) is 5.48. The third kappa shape index (κ3) is 3.08. The van der Waals surface area contributed by atoms with Gasteiger partial charge in [-0.25, -0.2) is 4.39 Å². The van der Waals surface area contributed by atoms with Gasteiger partial charge in [-0.3, -0.25) is 4.90 Å². The lowest BCUT2D eigenvalue weighted by Crippen LogP contribution is -2.47. The van der Waals surface area contributed by atoms with E-state index in [2.05, 4.69) is 28.0 Å². The van der Waals surface area contributed by atoms with Crippen molar-refractivity contribution in [1.82, 2.24) is 4.90 Å². The third-order valence-corrected chi connectivity index (χ3v) is 5.48. The Bertz CT molecular complexity index is 1080. The Balaban J connectivity index is 1.23. The number of para-hydroxylation sites is 1. The quantitative estimate of drug-likeness (QED) is 0.526. The molecule has 138 valence electrons. The van der Waals surface area contributed by atoms with Gasteiger partial charge in [-0.1, -0.05) is 12.1 Å². The van der Waals surface area contributed by atoms with E-state index in [4.69, 9.17) is 8.83 Å². The number of piperazine rings is 1. The van der Waals surface area contributed by atoms with Gasteiger partial charge in [0.05, 0.1) is 18.2 Å². The first-order valence-electron chi connectivity index (χ1n) is 9.37. The minimum atomic E-state index is -0.217. The fourth-order valence-electron chi connectivity index (χ4n) is 3.96. The number of hydrogen-bond donors (Lipinski definition) is 0. The van der Waals surface area contributed by atoms with Crippen LogP contribution in [0.3, 0.4) is 0 Å². The minimum absolute atomic E-state index is 0.217. The summed E-state index contributed by atoms with van der Waals surface area (Å²) in [6.07, 6.45) is 4.38. The molecule has 4 nitrogen and oxygen atoms in total. The molecule has 1 aliphatic rings. The Labute approximate surface area is 156 Å². The highest BCUT2D eigenvalue weighted by molar-refractivity contribution is 5.89. The highest BCUT2D eigenvalue weighted by atomic mass is 19.1. The molecule has 0 aliphatic carbocycles. The van der Waals surface area contributed by atoms with E-state index < -0.39 is 0 Å². The molecule has 1 aliphatic heterocycles. The molecular weight excluding hydrogens is 343 g/mol. The van der Waals surface area contributed by atoms with E-state index in [-0.39, 0.29) is 5.82 Å². The molecule has 0 bridgehead atoms. The first kappa shape index (κ1) is 16.4. The molecule has 2 aromatic heterocycles. The van der Waals surface area contributed by atoms with Crippen LogP contribution in [-0.2, 0) is 6.42 Å². The molecule has 0 N–H and O–H groups in total. The Kier molecular flexibility index (Phi) is 4.09. The average molecular weight is 364 g/mol. The van der Waals surface area contributed by atoms with Gasteiger partial charge in [0, 0.05) is 43.5 Å². The summed E-state index contributed by atoms with van der Waals surface area (Å²) >= 11 is 0. The van der Waals surface area contributed by atoms with Gasteiger partial charge in [-0.05, 0) is 42.3 Å². The van der Waals surface area contributed by atoms with Crippen LogP contribution in [0, 0.1) is 5.82 Å². The molecule has 0 radical (unpaired) electrons. The van der Waals surface area contributed by atoms with E-state index in [1.165, 1.54) is 11.8 Å². The van der Waals surface area contributed by atoms with Gasteiger partial charge in [-0.2, -0.15) is 0 Å². The van der Waals surface area contributed by atoms with Gasteiger partial charge < -0.3 is 13.7 Å². The summed E-state index contributed by atoms with van der Waals surface area (Å²) in [7, 11) is 0. The molecule has 4 aromatic rings. The zero-order chi connectivity index (χ0) is 18.2. The fraction of sp³-hybridized carbons (Fsp3) is 0.273. The second-order valence-electron chi connectivity index (χ2n) is 7.10. The first-order chi connectivity index (χ1) is 13.3. The summed E-state index contributed by atoms with van der Waals surface area (Å²) in [5.74, 6) is -0.217. The zero-order valence-electron chi connectivity index (χ0n) is 15.0. The standard InChI is InChI=1S/C22H21FN2O2/c23-18-4-5-21-19(14-18)17(15-27-21)6-8-24-9-11-25(12-10-24)20-3-1-2-16-7-13-26-22(16)20/h1-5,7,13-15H,6,8-12H2. The predicted molar refractivity (Wildman–Crippen MR) is 105 cm³/mol. The molecule has 2 aromatic carbocycles. The lowest BCUT2D eigenvalue weighted by atomic mass is 10.1. The lowest BCUT2D eigenvalue weighted by Gasteiger charge is -2.36. The molecule has 5 heteroatoms. The molecular formula is C22H21FN2O2. The van der Waals surface area contributed by atoms with Crippen LogP contribution in [0.4, 0.5) is 10.1 Å². The van der Waals surface area contributed by atoms with E-state index in [1.54, 1.807) is 24.7 Å². The van der Waals surface area contributed by atoms with Gasteiger partial charge in [0.2, 0.25) is 0 Å².